The van der Waals surface area contributed by atoms with Gasteiger partial charge in [-0.1, -0.05) is 26.0 Å². The van der Waals surface area contributed by atoms with E-state index in [-0.39, 0.29) is 17.1 Å². The molecule has 0 aromatic heterocycles. The fourth-order valence-corrected chi connectivity index (χ4v) is 1.64. The average molecular weight is 248 g/mol. The van der Waals surface area contributed by atoms with E-state index >= 15 is 0 Å². The van der Waals surface area contributed by atoms with Gasteiger partial charge in [-0.2, -0.15) is 17.9 Å². The first-order valence-electron chi connectivity index (χ1n) is 5.43. The second-order valence-corrected chi connectivity index (χ2v) is 4.77. The van der Waals surface area contributed by atoms with Crippen LogP contribution in [0.1, 0.15) is 19.4 Å². The van der Waals surface area contributed by atoms with Crippen LogP contribution in [0.4, 0.5) is 5.69 Å². The van der Waals surface area contributed by atoms with Crippen LogP contribution in [0, 0.1) is 17.2 Å². The van der Waals surface area contributed by atoms with E-state index in [0.717, 1.165) is 0 Å². The van der Waals surface area contributed by atoms with Gasteiger partial charge in [0.15, 0.2) is 0 Å². The molecule has 1 atom stereocenters. The standard InChI is InChI=1S/C13H16N2OS/c1-9(2)12(17)13(16)15(3)11-7-5-4-6-10(11)8-14/h4-7,9,12,17H,1-3H3. The molecule has 1 aromatic rings. The highest BCUT2D eigenvalue weighted by atomic mass is 32.1. The Hall–Kier alpha value is -1.47. The molecule has 0 spiro atoms. The maximum Gasteiger partial charge on any atom is 0.239 e. The summed E-state index contributed by atoms with van der Waals surface area (Å²) in [5, 5.41) is 8.63. The molecule has 0 radical (unpaired) electrons. The van der Waals surface area contributed by atoms with Crippen LogP contribution in [0.2, 0.25) is 0 Å². The third-order valence-electron chi connectivity index (χ3n) is 2.60. The summed E-state index contributed by atoms with van der Waals surface area (Å²) in [6.07, 6.45) is 0. The van der Waals surface area contributed by atoms with E-state index in [1.165, 1.54) is 4.90 Å². The largest absolute Gasteiger partial charge is 0.313 e. The van der Waals surface area contributed by atoms with Crippen LogP contribution in [0.25, 0.3) is 0 Å². The number of carbonyl (C=O) groups is 1. The Labute approximate surface area is 107 Å². The Kier molecular flexibility index (Phi) is 4.59. The van der Waals surface area contributed by atoms with Gasteiger partial charge in [-0.05, 0) is 18.1 Å². The number of anilines is 1. The van der Waals surface area contributed by atoms with Crippen molar-refractivity contribution in [1.29, 1.82) is 5.26 Å². The van der Waals surface area contributed by atoms with Crippen LogP contribution in [-0.4, -0.2) is 18.2 Å². The Balaban J connectivity index is 3.01. The summed E-state index contributed by atoms with van der Waals surface area (Å²) >= 11 is 4.30. The highest BCUT2D eigenvalue weighted by Crippen LogP contribution is 2.21. The molecule has 0 aliphatic heterocycles. The van der Waals surface area contributed by atoms with Crippen LogP contribution in [0.5, 0.6) is 0 Å². The molecule has 0 saturated carbocycles. The predicted octanol–water partition coefficient (Wildman–Crippen LogP) is 2.48. The second-order valence-electron chi connectivity index (χ2n) is 4.22. The predicted molar refractivity (Wildman–Crippen MR) is 72.2 cm³/mol. The smallest absolute Gasteiger partial charge is 0.239 e. The maximum absolute atomic E-state index is 12.1. The quantitative estimate of drug-likeness (QED) is 0.835. The molecular formula is C13H16N2OS. The van der Waals surface area contributed by atoms with Gasteiger partial charge >= 0.3 is 0 Å². The number of benzene rings is 1. The van der Waals surface area contributed by atoms with Crippen LogP contribution < -0.4 is 4.90 Å². The molecule has 0 heterocycles. The summed E-state index contributed by atoms with van der Waals surface area (Å²) in [7, 11) is 1.67. The fraction of sp³-hybridized carbons (Fsp3) is 0.385. The second kappa shape index (κ2) is 5.74. The van der Waals surface area contributed by atoms with Gasteiger partial charge in [-0.15, -0.1) is 0 Å². The maximum atomic E-state index is 12.1. The summed E-state index contributed by atoms with van der Waals surface area (Å²) in [4.78, 5) is 13.6. The molecule has 0 aliphatic rings. The third kappa shape index (κ3) is 3.01. The van der Waals surface area contributed by atoms with Crippen molar-refractivity contribution in [3.63, 3.8) is 0 Å². The number of nitriles is 1. The fourth-order valence-electron chi connectivity index (χ4n) is 1.46. The minimum atomic E-state index is -0.355. The van der Waals surface area contributed by atoms with E-state index < -0.39 is 0 Å². The van der Waals surface area contributed by atoms with Gasteiger partial charge in [0.25, 0.3) is 0 Å². The number of thiol groups is 1. The average Bonchev–Trinajstić information content (AvgIpc) is 2.35. The Morgan fingerprint density at radius 3 is 2.53 bits per heavy atom. The number of hydrogen-bond donors (Lipinski definition) is 1. The Morgan fingerprint density at radius 2 is 2.00 bits per heavy atom. The number of hydrogen-bond acceptors (Lipinski definition) is 3. The SMILES string of the molecule is CC(C)C(S)C(=O)N(C)c1ccccc1C#N. The summed E-state index contributed by atoms with van der Waals surface area (Å²) in [5.74, 6) is 0.0635. The molecule has 0 N–H and O–H groups in total. The van der Waals surface area contributed by atoms with Crippen molar-refractivity contribution in [3.8, 4) is 6.07 Å². The Morgan fingerprint density at radius 1 is 1.41 bits per heavy atom. The lowest BCUT2D eigenvalue weighted by Crippen LogP contribution is -2.36. The molecule has 0 bridgehead atoms. The number of para-hydroxylation sites is 1. The molecule has 0 aliphatic carbocycles. The molecule has 17 heavy (non-hydrogen) atoms. The van der Waals surface area contributed by atoms with Gasteiger partial charge in [0, 0.05) is 7.05 Å². The minimum absolute atomic E-state index is 0.0916. The number of carbonyl (C=O) groups excluding carboxylic acids is 1. The van der Waals surface area contributed by atoms with Gasteiger partial charge in [0.2, 0.25) is 5.91 Å². The highest BCUT2D eigenvalue weighted by molar-refractivity contribution is 7.81. The van der Waals surface area contributed by atoms with Gasteiger partial charge in [0.1, 0.15) is 6.07 Å². The van der Waals surface area contributed by atoms with E-state index in [9.17, 15) is 4.79 Å². The molecule has 4 heteroatoms. The molecule has 0 fully saturated rings. The van der Waals surface area contributed by atoms with Crippen molar-refractivity contribution in [1.82, 2.24) is 0 Å². The van der Waals surface area contributed by atoms with Crippen molar-refractivity contribution in [2.45, 2.75) is 19.1 Å². The van der Waals surface area contributed by atoms with E-state index in [1.807, 2.05) is 19.9 Å². The topological polar surface area (TPSA) is 44.1 Å². The summed E-state index contributed by atoms with van der Waals surface area (Å²) in [6.45, 7) is 3.89. The molecule has 3 nitrogen and oxygen atoms in total. The first kappa shape index (κ1) is 13.6. The number of amides is 1. The summed E-state index contributed by atoms with van der Waals surface area (Å²) in [6, 6.07) is 9.13. The zero-order valence-corrected chi connectivity index (χ0v) is 11.1. The molecular weight excluding hydrogens is 232 g/mol. The third-order valence-corrected chi connectivity index (χ3v) is 3.42. The molecule has 1 unspecified atom stereocenters. The zero-order chi connectivity index (χ0) is 13.0. The van der Waals surface area contributed by atoms with Crippen molar-refractivity contribution in [2.24, 2.45) is 5.92 Å². The van der Waals surface area contributed by atoms with Crippen molar-refractivity contribution in [3.05, 3.63) is 29.8 Å². The van der Waals surface area contributed by atoms with Gasteiger partial charge in [0.05, 0.1) is 16.5 Å². The lowest BCUT2D eigenvalue weighted by molar-refractivity contribution is -0.118. The molecule has 1 rings (SSSR count). The van der Waals surface area contributed by atoms with Crippen LogP contribution in [0.3, 0.4) is 0 Å². The van der Waals surface area contributed by atoms with Gasteiger partial charge < -0.3 is 4.90 Å². The normalized spacial score (nSPS) is 12.0. The van der Waals surface area contributed by atoms with Gasteiger partial charge in [-0.3, -0.25) is 4.79 Å². The molecule has 90 valence electrons. The molecule has 0 saturated heterocycles. The van der Waals surface area contributed by atoms with Crippen LogP contribution >= 0.6 is 12.6 Å². The number of nitrogens with zero attached hydrogens (tertiary/aromatic N) is 2. The monoisotopic (exact) mass is 248 g/mol. The zero-order valence-electron chi connectivity index (χ0n) is 10.2. The Bertz CT molecular complexity index is 451. The lowest BCUT2D eigenvalue weighted by atomic mass is 10.1. The van der Waals surface area contributed by atoms with E-state index in [4.69, 9.17) is 5.26 Å². The first-order valence-corrected chi connectivity index (χ1v) is 5.95. The van der Waals surface area contributed by atoms with Crippen molar-refractivity contribution >= 4 is 24.2 Å². The van der Waals surface area contributed by atoms with Crippen LogP contribution in [0.15, 0.2) is 24.3 Å². The molecule has 1 amide bonds. The summed E-state index contributed by atoms with van der Waals surface area (Å²) < 4.78 is 0. The highest BCUT2D eigenvalue weighted by Gasteiger charge is 2.23. The van der Waals surface area contributed by atoms with Crippen molar-refractivity contribution in [2.75, 3.05) is 11.9 Å². The van der Waals surface area contributed by atoms with Crippen LogP contribution in [-0.2, 0) is 4.79 Å². The molecule has 1 aromatic carbocycles. The first-order chi connectivity index (χ1) is 7.99. The van der Waals surface area contributed by atoms with E-state index in [1.54, 1.807) is 25.2 Å². The number of rotatable bonds is 3. The minimum Gasteiger partial charge on any atom is -0.313 e. The van der Waals surface area contributed by atoms with E-state index in [0.29, 0.717) is 11.3 Å². The van der Waals surface area contributed by atoms with E-state index in [2.05, 4.69) is 18.7 Å². The van der Waals surface area contributed by atoms with Crippen molar-refractivity contribution < 1.29 is 4.79 Å². The van der Waals surface area contributed by atoms with Gasteiger partial charge in [-0.25, -0.2) is 0 Å². The lowest BCUT2D eigenvalue weighted by Gasteiger charge is -2.23. The summed E-state index contributed by atoms with van der Waals surface area (Å²) in [5.41, 5.74) is 1.12.